The molecular formula is C16H21ClN4O2. The van der Waals surface area contributed by atoms with Crippen LogP contribution in [0.3, 0.4) is 0 Å². The molecule has 23 heavy (non-hydrogen) atoms. The van der Waals surface area contributed by atoms with Gasteiger partial charge in [0.05, 0.1) is 29.4 Å². The van der Waals surface area contributed by atoms with Gasteiger partial charge >= 0.3 is 0 Å². The number of carbonyl (C=O) groups excluding carboxylic acids is 1. The van der Waals surface area contributed by atoms with Crippen LogP contribution in [0.15, 0.2) is 18.2 Å². The Morgan fingerprint density at radius 1 is 1.39 bits per heavy atom. The number of nitrogens with one attached hydrogen (secondary N) is 1. The van der Waals surface area contributed by atoms with Gasteiger partial charge in [-0.3, -0.25) is 9.69 Å². The lowest BCUT2D eigenvalue weighted by atomic mass is 10.1. The maximum atomic E-state index is 11.8. The molecule has 1 saturated heterocycles. The zero-order valence-corrected chi connectivity index (χ0v) is 14.0. The third kappa shape index (κ3) is 4.83. The number of nitriles is 1. The first kappa shape index (κ1) is 17.5. The van der Waals surface area contributed by atoms with E-state index in [9.17, 15) is 10.1 Å². The van der Waals surface area contributed by atoms with E-state index in [0.29, 0.717) is 30.3 Å². The summed E-state index contributed by atoms with van der Waals surface area (Å²) >= 11 is 6.25. The number of rotatable bonds is 6. The van der Waals surface area contributed by atoms with Gasteiger partial charge in [-0.15, -0.1) is 0 Å². The highest BCUT2D eigenvalue weighted by Gasteiger charge is 2.22. The summed E-state index contributed by atoms with van der Waals surface area (Å²) in [6.45, 7) is 4.42. The van der Waals surface area contributed by atoms with E-state index in [2.05, 4.69) is 21.2 Å². The smallest absolute Gasteiger partial charge is 0.234 e. The van der Waals surface area contributed by atoms with Crippen LogP contribution in [0.1, 0.15) is 5.56 Å². The molecule has 0 saturated carbocycles. The van der Waals surface area contributed by atoms with Crippen LogP contribution in [0, 0.1) is 11.3 Å². The largest absolute Gasteiger partial charge is 0.383 e. The quantitative estimate of drug-likeness (QED) is 0.788. The molecule has 124 valence electrons. The zero-order chi connectivity index (χ0) is 16.7. The van der Waals surface area contributed by atoms with Crippen molar-refractivity contribution in [3.8, 4) is 6.07 Å². The summed E-state index contributed by atoms with van der Waals surface area (Å²) < 4.78 is 4.90. The summed E-state index contributed by atoms with van der Waals surface area (Å²) in [5.74, 6) is 0.00552. The Morgan fingerprint density at radius 3 is 2.78 bits per heavy atom. The Labute approximate surface area is 141 Å². The third-order valence-corrected chi connectivity index (χ3v) is 4.10. The van der Waals surface area contributed by atoms with Gasteiger partial charge in [-0.05, 0) is 12.1 Å². The highest BCUT2D eigenvalue weighted by molar-refractivity contribution is 6.33. The van der Waals surface area contributed by atoms with Gasteiger partial charge in [0.1, 0.15) is 6.07 Å². The number of para-hydroxylation sites is 1. The number of ether oxygens (including phenoxy) is 1. The number of hydrogen-bond acceptors (Lipinski definition) is 5. The Bertz CT molecular complexity index is 580. The molecule has 1 heterocycles. The normalized spacial score (nSPS) is 15.3. The van der Waals surface area contributed by atoms with E-state index in [-0.39, 0.29) is 5.91 Å². The summed E-state index contributed by atoms with van der Waals surface area (Å²) in [6, 6.07) is 7.55. The van der Waals surface area contributed by atoms with E-state index < -0.39 is 0 Å². The van der Waals surface area contributed by atoms with Crippen molar-refractivity contribution in [1.29, 1.82) is 5.26 Å². The van der Waals surface area contributed by atoms with Crippen molar-refractivity contribution in [3.05, 3.63) is 28.8 Å². The van der Waals surface area contributed by atoms with E-state index >= 15 is 0 Å². The van der Waals surface area contributed by atoms with E-state index in [1.54, 1.807) is 25.3 Å². The summed E-state index contributed by atoms with van der Waals surface area (Å²) in [6.07, 6.45) is 0. The number of carbonyl (C=O) groups is 1. The molecule has 1 aromatic carbocycles. The van der Waals surface area contributed by atoms with Crippen LogP contribution in [-0.2, 0) is 9.53 Å². The number of anilines is 1. The van der Waals surface area contributed by atoms with Crippen LogP contribution in [0.25, 0.3) is 0 Å². The van der Waals surface area contributed by atoms with Gasteiger partial charge in [0.15, 0.2) is 0 Å². The van der Waals surface area contributed by atoms with E-state index in [0.717, 1.165) is 31.9 Å². The van der Waals surface area contributed by atoms with Crippen LogP contribution >= 0.6 is 11.6 Å². The fraction of sp³-hybridized carbons (Fsp3) is 0.500. The number of methoxy groups -OCH3 is 1. The van der Waals surface area contributed by atoms with Crippen LogP contribution in [-0.4, -0.2) is 63.8 Å². The monoisotopic (exact) mass is 336 g/mol. The second-order valence-electron chi connectivity index (χ2n) is 5.35. The molecule has 0 atom stereocenters. The molecule has 0 unspecified atom stereocenters. The lowest BCUT2D eigenvalue weighted by Crippen LogP contribution is -2.50. The van der Waals surface area contributed by atoms with Crippen LogP contribution < -0.4 is 10.2 Å². The van der Waals surface area contributed by atoms with Gasteiger partial charge in [0.2, 0.25) is 5.91 Å². The molecule has 1 aliphatic rings. The second-order valence-corrected chi connectivity index (χ2v) is 5.76. The standard InChI is InChI=1S/C16H21ClN4O2/c1-23-10-5-19-15(22)12-20-6-8-21(9-7-20)16-13(11-18)3-2-4-14(16)17/h2-4H,5-10,12H2,1H3,(H,19,22). The first-order valence-electron chi connectivity index (χ1n) is 7.57. The topological polar surface area (TPSA) is 68.6 Å². The van der Waals surface area contributed by atoms with Crippen LogP contribution in [0.2, 0.25) is 5.02 Å². The molecule has 1 aliphatic heterocycles. The average Bonchev–Trinajstić information content (AvgIpc) is 2.56. The van der Waals surface area contributed by atoms with Crippen molar-refractivity contribution in [2.75, 3.05) is 57.9 Å². The average molecular weight is 337 g/mol. The highest BCUT2D eigenvalue weighted by atomic mass is 35.5. The number of halogens is 1. The minimum absolute atomic E-state index is 0.00552. The van der Waals surface area contributed by atoms with Crippen molar-refractivity contribution < 1.29 is 9.53 Å². The van der Waals surface area contributed by atoms with Crippen molar-refractivity contribution in [1.82, 2.24) is 10.2 Å². The molecule has 0 bridgehead atoms. The summed E-state index contributed by atoms with van der Waals surface area (Å²) in [7, 11) is 1.61. The van der Waals surface area contributed by atoms with Gasteiger partial charge in [-0.2, -0.15) is 5.26 Å². The van der Waals surface area contributed by atoms with E-state index in [4.69, 9.17) is 16.3 Å². The molecule has 1 fully saturated rings. The van der Waals surface area contributed by atoms with Crippen LogP contribution in [0.4, 0.5) is 5.69 Å². The number of nitrogens with zero attached hydrogens (tertiary/aromatic N) is 3. The van der Waals surface area contributed by atoms with Gasteiger partial charge in [-0.1, -0.05) is 17.7 Å². The van der Waals surface area contributed by atoms with Crippen molar-refractivity contribution in [2.45, 2.75) is 0 Å². The number of benzene rings is 1. The first-order chi connectivity index (χ1) is 11.2. The Kier molecular flexibility index (Phi) is 6.66. The van der Waals surface area contributed by atoms with Gasteiger partial charge in [-0.25, -0.2) is 0 Å². The molecule has 0 aliphatic carbocycles. The number of hydrogen-bond donors (Lipinski definition) is 1. The molecule has 1 amide bonds. The number of piperazine rings is 1. The molecule has 6 nitrogen and oxygen atoms in total. The molecular weight excluding hydrogens is 316 g/mol. The summed E-state index contributed by atoms with van der Waals surface area (Å²) in [5, 5.41) is 12.6. The molecule has 1 aromatic rings. The van der Waals surface area contributed by atoms with E-state index in [1.807, 2.05) is 0 Å². The fourth-order valence-corrected chi connectivity index (χ4v) is 2.90. The predicted octanol–water partition coefficient (Wildman–Crippen LogP) is 1.10. The molecule has 0 spiro atoms. The lowest BCUT2D eigenvalue weighted by molar-refractivity contribution is -0.122. The number of amides is 1. The Morgan fingerprint density at radius 2 is 2.13 bits per heavy atom. The van der Waals surface area contributed by atoms with Crippen molar-refractivity contribution in [2.24, 2.45) is 0 Å². The van der Waals surface area contributed by atoms with E-state index in [1.165, 1.54) is 0 Å². The molecule has 0 radical (unpaired) electrons. The zero-order valence-electron chi connectivity index (χ0n) is 13.2. The SMILES string of the molecule is COCCNC(=O)CN1CCN(c2c(Cl)cccc2C#N)CC1. The Hall–Kier alpha value is -1.81. The Balaban J connectivity index is 1.87. The molecule has 7 heteroatoms. The fourth-order valence-electron chi connectivity index (χ4n) is 2.61. The third-order valence-electron chi connectivity index (χ3n) is 3.79. The van der Waals surface area contributed by atoms with Crippen LogP contribution in [0.5, 0.6) is 0 Å². The molecule has 1 N–H and O–H groups in total. The maximum absolute atomic E-state index is 11.8. The molecule has 2 rings (SSSR count). The predicted molar refractivity (Wildman–Crippen MR) is 89.7 cm³/mol. The minimum Gasteiger partial charge on any atom is -0.383 e. The summed E-state index contributed by atoms with van der Waals surface area (Å²) in [4.78, 5) is 16.0. The maximum Gasteiger partial charge on any atom is 0.234 e. The van der Waals surface area contributed by atoms with Gasteiger partial charge < -0.3 is 15.0 Å². The lowest BCUT2D eigenvalue weighted by Gasteiger charge is -2.36. The second kappa shape index (κ2) is 8.73. The van der Waals surface area contributed by atoms with Crippen molar-refractivity contribution >= 4 is 23.2 Å². The minimum atomic E-state index is 0.00552. The van der Waals surface area contributed by atoms with Crippen molar-refractivity contribution in [3.63, 3.8) is 0 Å². The molecule has 0 aromatic heterocycles. The summed E-state index contributed by atoms with van der Waals surface area (Å²) in [5.41, 5.74) is 1.38. The van der Waals surface area contributed by atoms with Gasteiger partial charge in [0.25, 0.3) is 0 Å². The van der Waals surface area contributed by atoms with Gasteiger partial charge in [0, 0.05) is 39.8 Å². The first-order valence-corrected chi connectivity index (χ1v) is 7.95. The highest BCUT2D eigenvalue weighted by Crippen LogP contribution is 2.30.